The van der Waals surface area contributed by atoms with Crippen LogP contribution in [0.1, 0.15) is 278 Å². The van der Waals surface area contributed by atoms with Gasteiger partial charge >= 0.3 is 17.9 Å². The maximum atomic E-state index is 12.8. The van der Waals surface area contributed by atoms with E-state index in [1.807, 2.05) is 0 Å². The van der Waals surface area contributed by atoms with Crippen molar-refractivity contribution in [3.63, 3.8) is 0 Å². The fourth-order valence-electron chi connectivity index (χ4n) is 8.12. The SMILES string of the molecule is CC/C=C\C/C=C\C/C=C\C/C=C\C/C=C\C/C=C\CCCCC(=O)OC(COC(=O)CCCCCCCCCCC)COC(=O)CCCCCCCCCCCCC/C=C\C/C=C\CCCCCCC. The molecule has 71 heavy (non-hydrogen) atoms. The monoisotopic (exact) mass is 987 g/mol. The van der Waals surface area contributed by atoms with Crippen LogP contribution in [-0.4, -0.2) is 37.2 Å². The van der Waals surface area contributed by atoms with E-state index in [1.165, 1.54) is 135 Å². The van der Waals surface area contributed by atoms with E-state index in [9.17, 15) is 14.4 Å². The molecule has 0 amide bonds. The van der Waals surface area contributed by atoms with Gasteiger partial charge in [0.15, 0.2) is 6.10 Å². The minimum atomic E-state index is -0.800. The second-order valence-electron chi connectivity index (χ2n) is 19.5. The normalized spacial score (nSPS) is 12.8. The number of unbranched alkanes of at least 4 members (excludes halogenated alkanes) is 26. The molecule has 0 aromatic carbocycles. The van der Waals surface area contributed by atoms with Gasteiger partial charge in [0, 0.05) is 19.3 Å². The van der Waals surface area contributed by atoms with Gasteiger partial charge in [0.05, 0.1) is 0 Å². The molecule has 0 heterocycles. The van der Waals surface area contributed by atoms with Crippen molar-refractivity contribution in [3.05, 3.63) is 97.2 Å². The highest BCUT2D eigenvalue weighted by molar-refractivity contribution is 5.71. The van der Waals surface area contributed by atoms with Crippen LogP contribution in [0.3, 0.4) is 0 Å². The Morgan fingerprint density at radius 3 is 0.887 bits per heavy atom. The summed E-state index contributed by atoms with van der Waals surface area (Å²) in [6.07, 6.45) is 78.4. The molecule has 1 unspecified atom stereocenters. The third-order valence-electron chi connectivity index (χ3n) is 12.6. The molecule has 0 aromatic heterocycles. The summed E-state index contributed by atoms with van der Waals surface area (Å²) in [5, 5.41) is 0. The smallest absolute Gasteiger partial charge is 0.306 e. The van der Waals surface area contributed by atoms with Crippen molar-refractivity contribution in [2.75, 3.05) is 13.2 Å². The Hall–Kier alpha value is -3.67. The lowest BCUT2D eigenvalue weighted by molar-refractivity contribution is -0.167. The molecule has 1 atom stereocenters. The highest BCUT2D eigenvalue weighted by Crippen LogP contribution is 2.15. The molecule has 0 aliphatic heterocycles. The number of rotatable bonds is 53. The summed E-state index contributed by atoms with van der Waals surface area (Å²) in [5.74, 6) is -0.939. The molecule has 0 fully saturated rings. The molecule has 0 rings (SSSR count). The zero-order valence-electron chi connectivity index (χ0n) is 46.5. The van der Waals surface area contributed by atoms with Crippen LogP contribution >= 0.6 is 0 Å². The predicted molar refractivity (Wildman–Crippen MR) is 307 cm³/mol. The van der Waals surface area contributed by atoms with Crippen molar-refractivity contribution in [1.29, 1.82) is 0 Å². The molecule has 0 bridgehead atoms. The number of carbonyl (C=O) groups is 3. The highest BCUT2D eigenvalue weighted by atomic mass is 16.6. The molecule has 0 N–H and O–H groups in total. The molecular formula is C65H110O6. The van der Waals surface area contributed by atoms with Crippen LogP contribution in [0, 0.1) is 0 Å². The van der Waals surface area contributed by atoms with Crippen LogP contribution in [0.15, 0.2) is 97.2 Å². The van der Waals surface area contributed by atoms with Crippen LogP contribution < -0.4 is 0 Å². The first-order valence-corrected chi connectivity index (χ1v) is 29.7. The van der Waals surface area contributed by atoms with Gasteiger partial charge in [-0.25, -0.2) is 0 Å². The molecule has 6 heteroatoms. The van der Waals surface area contributed by atoms with Gasteiger partial charge in [0.1, 0.15) is 13.2 Å². The van der Waals surface area contributed by atoms with Gasteiger partial charge < -0.3 is 14.2 Å². The van der Waals surface area contributed by atoms with Crippen LogP contribution in [-0.2, 0) is 28.6 Å². The Bertz CT molecular complexity index is 1410. The van der Waals surface area contributed by atoms with Crippen molar-refractivity contribution in [2.24, 2.45) is 0 Å². The lowest BCUT2D eigenvalue weighted by atomic mass is 10.0. The van der Waals surface area contributed by atoms with Gasteiger partial charge in [-0.05, 0) is 103 Å². The fourth-order valence-corrected chi connectivity index (χ4v) is 8.12. The number of ether oxygens (including phenoxy) is 3. The molecular weight excluding hydrogens is 877 g/mol. The highest BCUT2D eigenvalue weighted by Gasteiger charge is 2.19. The average Bonchev–Trinajstić information content (AvgIpc) is 3.37. The summed E-state index contributed by atoms with van der Waals surface area (Å²) in [5.41, 5.74) is 0. The standard InChI is InChI=1S/C65H110O6/c1-4-7-10-13-16-19-21-23-25-27-29-31-32-34-35-37-39-41-43-46-49-52-55-58-64(67)70-61-62(60-69-63(66)57-54-51-48-45-18-15-12-9-6-3)71-65(68)59-56-53-50-47-44-42-40-38-36-33-30-28-26-24-22-20-17-14-11-8-5-2/h8,11,17,20-21,23-24,26-27,29-30,33,38,40,44,47,62H,4-7,9-10,12-16,18-19,22,25,28,31-32,34-37,39,41-43,45-46,48-61H2,1-3H3/b11-8-,20-17-,23-21-,26-24-,29-27-,33-30-,40-38-,47-44-. The predicted octanol–water partition coefficient (Wildman–Crippen LogP) is 20.1. The van der Waals surface area contributed by atoms with Gasteiger partial charge in [-0.3, -0.25) is 14.4 Å². The van der Waals surface area contributed by atoms with E-state index in [0.29, 0.717) is 19.3 Å². The molecule has 0 aliphatic rings. The van der Waals surface area contributed by atoms with Gasteiger partial charge in [0.2, 0.25) is 0 Å². The van der Waals surface area contributed by atoms with Gasteiger partial charge in [0.25, 0.3) is 0 Å². The topological polar surface area (TPSA) is 78.9 Å². The van der Waals surface area contributed by atoms with E-state index in [1.54, 1.807) is 0 Å². The van der Waals surface area contributed by atoms with Crippen molar-refractivity contribution in [1.82, 2.24) is 0 Å². The third-order valence-corrected chi connectivity index (χ3v) is 12.6. The first kappa shape index (κ1) is 67.3. The largest absolute Gasteiger partial charge is 0.462 e. The number of hydrogen-bond donors (Lipinski definition) is 0. The van der Waals surface area contributed by atoms with E-state index < -0.39 is 6.10 Å². The number of hydrogen-bond acceptors (Lipinski definition) is 6. The first-order chi connectivity index (χ1) is 35.0. The molecule has 6 nitrogen and oxygen atoms in total. The molecule has 0 radical (unpaired) electrons. The van der Waals surface area contributed by atoms with Crippen LogP contribution in [0.4, 0.5) is 0 Å². The Balaban J connectivity index is 4.33. The van der Waals surface area contributed by atoms with Crippen molar-refractivity contribution >= 4 is 17.9 Å². The van der Waals surface area contributed by atoms with Gasteiger partial charge in [-0.1, -0.05) is 253 Å². The number of esters is 3. The second-order valence-corrected chi connectivity index (χ2v) is 19.5. The van der Waals surface area contributed by atoms with E-state index in [-0.39, 0.29) is 37.5 Å². The van der Waals surface area contributed by atoms with E-state index in [4.69, 9.17) is 14.2 Å². The zero-order chi connectivity index (χ0) is 51.4. The molecule has 0 saturated heterocycles. The molecule has 406 valence electrons. The van der Waals surface area contributed by atoms with Crippen LogP contribution in [0.2, 0.25) is 0 Å². The molecule has 0 aromatic rings. The number of allylic oxidation sites excluding steroid dienone is 16. The van der Waals surface area contributed by atoms with Crippen molar-refractivity contribution in [2.45, 2.75) is 284 Å². The van der Waals surface area contributed by atoms with E-state index >= 15 is 0 Å². The lowest BCUT2D eigenvalue weighted by Crippen LogP contribution is -2.30. The Kier molecular flexibility index (Phi) is 55.9. The zero-order valence-corrected chi connectivity index (χ0v) is 46.5. The van der Waals surface area contributed by atoms with Crippen molar-refractivity contribution < 1.29 is 28.6 Å². The molecule has 0 aliphatic carbocycles. The summed E-state index contributed by atoms with van der Waals surface area (Å²) >= 11 is 0. The third kappa shape index (κ3) is 57.1. The van der Waals surface area contributed by atoms with E-state index in [2.05, 4.69) is 118 Å². The number of carbonyl (C=O) groups excluding carboxylic acids is 3. The summed E-state index contributed by atoms with van der Waals surface area (Å²) in [6, 6.07) is 0. The van der Waals surface area contributed by atoms with Crippen LogP contribution in [0.25, 0.3) is 0 Å². The summed E-state index contributed by atoms with van der Waals surface area (Å²) < 4.78 is 16.8. The van der Waals surface area contributed by atoms with Crippen LogP contribution in [0.5, 0.6) is 0 Å². The molecule has 0 saturated carbocycles. The van der Waals surface area contributed by atoms with E-state index in [0.717, 1.165) is 96.3 Å². The van der Waals surface area contributed by atoms with Gasteiger partial charge in [-0.2, -0.15) is 0 Å². The maximum Gasteiger partial charge on any atom is 0.306 e. The summed E-state index contributed by atoms with van der Waals surface area (Å²) in [7, 11) is 0. The van der Waals surface area contributed by atoms with Crippen molar-refractivity contribution in [3.8, 4) is 0 Å². The minimum Gasteiger partial charge on any atom is -0.462 e. The summed E-state index contributed by atoms with van der Waals surface area (Å²) in [6.45, 7) is 6.47. The quantitative estimate of drug-likeness (QED) is 0.0261. The Morgan fingerprint density at radius 2 is 0.549 bits per heavy atom. The molecule has 0 spiro atoms. The second kappa shape index (κ2) is 58.9. The van der Waals surface area contributed by atoms with Gasteiger partial charge in [-0.15, -0.1) is 0 Å². The average molecular weight is 988 g/mol. The minimum absolute atomic E-state index is 0.0946. The Morgan fingerprint density at radius 1 is 0.296 bits per heavy atom. The fraction of sp³-hybridized carbons (Fsp3) is 0.708. The maximum absolute atomic E-state index is 12.8. The first-order valence-electron chi connectivity index (χ1n) is 29.7. The summed E-state index contributed by atoms with van der Waals surface area (Å²) in [4.78, 5) is 38.1. The Labute approximate surface area is 438 Å². The lowest BCUT2D eigenvalue weighted by Gasteiger charge is -2.18.